The van der Waals surface area contributed by atoms with Gasteiger partial charge in [-0.05, 0) is 73.5 Å². The van der Waals surface area contributed by atoms with Crippen LogP contribution in [0.4, 0.5) is 0 Å². The number of rotatable bonds is 0. The van der Waals surface area contributed by atoms with Crippen LogP contribution in [0, 0.1) is 29.1 Å². The molecule has 126 valence electrons. The van der Waals surface area contributed by atoms with Crippen molar-refractivity contribution in [3.05, 3.63) is 36.0 Å². The maximum absolute atomic E-state index is 11.8. The number of carbonyl (C=O) groups excluding carboxylic acids is 2. The first-order valence-corrected chi connectivity index (χ1v) is 9.37. The Labute approximate surface area is 142 Å². The topological polar surface area (TPSA) is 43.4 Å². The van der Waals surface area contributed by atoms with E-state index < -0.39 is 0 Å². The molecule has 0 saturated heterocycles. The van der Waals surface area contributed by atoms with Gasteiger partial charge >= 0.3 is 5.97 Å². The highest BCUT2D eigenvalue weighted by Crippen LogP contribution is 2.65. The maximum atomic E-state index is 11.8. The van der Waals surface area contributed by atoms with Gasteiger partial charge in [-0.1, -0.05) is 19.1 Å². The van der Waals surface area contributed by atoms with Crippen LogP contribution in [-0.4, -0.2) is 17.4 Å². The lowest BCUT2D eigenvalue weighted by Gasteiger charge is -2.53. The highest BCUT2D eigenvalue weighted by Gasteiger charge is 2.64. The zero-order chi connectivity index (χ0) is 16.5. The summed E-state index contributed by atoms with van der Waals surface area (Å²) in [6.07, 6.45) is 16.2. The molecule has 3 nitrogen and oxygen atoms in total. The average Bonchev–Trinajstić information content (AvgIpc) is 3.08. The first kappa shape index (κ1) is 14.7. The smallest absolute Gasteiger partial charge is 0.331 e. The maximum Gasteiger partial charge on any atom is 0.331 e. The molecule has 1 spiro atoms. The number of ketones is 1. The van der Waals surface area contributed by atoms with Gasteiger partial charge in [-0.2, -0.15) is 0 Å². The van der Waals surface area contributed by atoms with Crippen molar-refractivity contribution in [2.24, 2.45) is 29.1 Å². The minimum absolute atomic E-state index is 0.0485. The Morgan fingerprint density at radius 2 is 2.00 bits per heavy atom. The number of ether oxygens (including phenoxy) is 1. The molecule has 0 bridgehead atoms. The molecule has 4 aliphatic carbocycles. The molecule has 1 aliphatic heterocycles. The summed E-state index contributed by atoms with van der Waals surface area (Å²) in [4.78, 5) is 23.5. The van der Waals surface area contributed by atoms with Crippen molar-refractivity contribution in [3.8, 4) is 0 Å². The van der Waals surface area contributed by atoms with Gasteiger partial charge in [-0.25, -0.2) is 4.79 Å². The van der Waals surface area contributed by atoms with Crippen molar-refractivity contribution in [3.63, 3.8) is 0 Å². The summed E-state index contributed by atoms with van der Waals surface area (Å²) in [5.41, 5.74) is 0.940. The zero-order valence-electron chi connectivity index (χ0n) is 14.2. The predicted molar refractivity (Wildman–Crippen MR) is 90.0 cm³/mol. The molecule has 0 aromatic heterocycles. The molecule has 0 N–H and O–H groups in total. The quantitative estimate of drug-likeness (QED) is 0.637. The second kappa shape index (κ2) is 4.71. The zero-order valence-corrected chi connectivity index (χ0v) is 14.2. The molecule has 0 amide bonds. The summed E-state index contributed by atoms with van der Waals surface area (Å²) in [5.74, 6) is 2.46. The summed E-state index contributed by atoms with van der Waals surface area (Å²) < 4.78 is 5.85. The fourth-order valence-corrected chi connectivity index (χ4v) is 6.58. The summed E-state index contributed by atoms with van der Waals surface area (Å²) in [6, 6.07) is 0. The largest absolute Gasteiger partial charge is 0.451 e. The molecule has 2 saturated carbocycles. The molecule has 3 heteroatoms. The van der Waals surface area contributed by atoms with E-state index in [4.69, 9.17) is 4.74 Å². The van der Waals surface area contributed by atoms with E-state index in [9.17, 15) is 9.59 Å². The number of hydrogen-bond donors (Lipinski definition) is 0. The highest BCUT2D eigenvalue weighted by atomic mass is 16.6. The van der Waals surface area contributed by atoms with Gasteiger partial charge in [0.15, 0.2) is 5.78 Å². The third kappa shape index (κ3) is 1.73. The lowest BCUT2D eigenvalue weighted by atomic mass is 9.52. The molecule has 5 rings (SSSR count). The minimum Gasteiger partial charge on any atom is -0.451 e. The van der Waals surface area contributed by atoms with Crippen LogP contribution in [-0.2, 0) is 14.3 Å². The van der Waals surface area contributed by atoms with Crippen LogP contribution in [0.5, 0.6) is 0 Å². The summed E-state index contributed by atoms with van der Waals surface area (Å²) in [6.45, 7) is 2.34. The Kier molecular flexibility index (Phi) is 2.88. The number of fused-ring (bicyclic) bond motifs is 6. The Morgan fingerprint density at radius 3 is 2.79 bits per heavy atom. The van der Waals surface area contributed by atoms with Gasteiger partial charge in [0.05, 0.1) is 0 Å². The van der Waals surface area contributed by atoms with Gasteiger partial charge in [-0.15, -0.1) is 0 Å². The number of carbonyl (C=O) groups is 2. The Balaban J connectivity index is 1.51. The van der Waals surface area contributed by atoms with Crippen LogP contribution in [0.3, 0.4) is 0 Å². The highest BCUT2D eigenvalue weighted by molar-refractivity contribution is 5.92. The molecule has 5 aliphatic rings. The Hall–Kier alpha value is -1.64. The van der Waals surface area contributed by atoms with Crippen molar-refractivity contribution < 1.29 is 14.3 Å². The normalized spacial score (nSPS) is 48.8. The molecule has 0 aromatic carbocycles. The average molecular weight is 324 g/mol. The molecule has 3 unspecified atom stereocenters. The van der Waals surface area contributed by atoms with Gasteiger partial charge in [0.1, 0.15) is 5.60 Å². The first-order valence-electron chi connectivity index (χ1n) is 9.37. The lowest BCUT2D eigenvalue weighted by Crippen LogP contribution is -2.51. The van der Waals surface area contributed by atoms with E-state index in [0.717, 1.165) is 25.7 Å². The lowest BCUT2D eigenvalue weighted by molar-refractivity contribution is -0.159. The molecule has 1 heterocycles. The third-order valence-electron chi connectivity index (χ3n) is 7.82. The molecular weight excluding hydrogens is 300 g/mol. The van der Waals surface area contributed by atoms with E-state index in [0.29, 0.717) is 30.1 Å². The van der Waals surface area contributed by atoms with Crippen LogP contribution in [0.1, 0.15) is 45.4 Å². The SMILES string of the molecule is C[C@]12CCC3C(C=CC4=CC(=O)CC[C@@H]43)C1CC[C@@]21C=CC(=O)O1. The van der Waals surface area contributed by atoms with Crippen molar-refractivity contribution in [1.29, 1.82) is 0 Å². The first-order chi connectivity index (χ1) is 11.5. The van der Waals surface area contributed by atoms with Gasteiger partial charge in [0.25, 0.3) is 0 Å². The number of allylic oxidation sites excluding steroid dienone is 4. The molecule has 6 atom stereocenters. The molecule has 24 heavy (non-hydrogen) atoms. The summed E-state index contributed by atoms with van der Waals surface area (Å²) in [7, 11) is 0. The van der Waals surface area contributed by atoms with Crippen molar-refractivity contribution in [2.75, 3.05) is 0 Å². The van der Waals surface area contributed by atoms with Crippen molar-refractivity contribution in [2.45, 2.75) is 51.0 Å². The fourth-order valence-electron chi connectivity index (χ4n) is 6.58. The second-order valence-electron chi connectivity index (χ2n) is 8.60. The van der Waals surface area contributed by atoms with E-state index in [1.54, 1.807) is 6.08 Å². The van der Waals surface area contributed by atoms with Crippen LogP contribution < -0.4 is 0 Å². The molecular formula is C21H24O3. The van der Waals surface area contributed by atoms with E-state index in [2.05, 4.69) is 19.1 Å². The van der Waals surface area contributed by atoms with Gasteiger partial charge < -0.3 is 4.74 Å². The third-order valence-corrected chi connectivity index (χ3v) is 7.82. The van der Waals surface area contributed by atoms with Crippen molar-refractivity contribution >= 4 is 11.8 Å². The van der Waals surface area contributed by atoms with Crippen molar-refractivity contribution in [1.82, 2.24) is 0 Å². The second-order valence-corrected chi connectivity index (χ2v) is 8.60. The van der Waals surface area contributed by atoms with Crippen LogP contribution in [0.2, 0.25) is 0 Å². The van der Waals surface area contributed by atoms with Gasteiger partial charge in [-0.3, -0.25) is 4.79 Å². The van der Waals surface area contributed by atoms with E-state index in [1.807, 2.05) is 12.2 Å². The van der Waals surface area contributed by atoms with E-state index in [-0.39, 0.29) is 22.8 Å². The number of hydrogen-bond acceptors (Lipinski definition) is 3. The van der Waals surface area contributed by atoms with Crippen LogP contribution in [0.15, 0.2) is 36.0 Å². The van der Waals surface area contributed by atoms with E-state index in [1.165, 1.54) is 12.0 Å². The molecule has 0 aromatic rings. The fraction of sp³-hybridized carbons (Fsp3) is 0.619. The minimum atomic E-state index is -0.369. The predicted octanol–water partition coefficient (Wildman–Crippen LogP) is 3.76. The Morgan fingerprint density at radius 1 is 1.12 bits per heavy atom. The number of esters is 1. The molecule has 0 radical (unpaired) electrons. The summed E-state index contributed by atoms with van der Waals surface area (Å²) in [5, 5.41) is 0. The summed E-state index contributed by atoms with van der Waals surface area (Å²) >= 11 is 0. The Bertz CT molecular complexity index is 715. The van der Waals surface area contributed by atoms with Crippen LogP contribution in [0.25, 0.3) is 0 Å². The van der Waals surface area contributed by atoms with Gasteiger partial charge in [0, 0.05) is 17.9 Å². The van der Waals surface area contributed by atoms with E-state index >= 15 is 0 Å². The van der Waals surface area contributed by atoms with Crippen LogP contribution >= 0.6 is 0 Å². The standard InChI is InChI=1S/C21H24O3/c1-20-9-6-16-15-5-3-14(22)12-13(15)2-4-17(16)18(20)7-10-21(20)11-8-19(23)24-21/h2,4,8,11-12,15-18H,3,5-7,9-10H2,1H3/t15-,16?,17?,18?,20-,21+/m0/s1. The monoisotopic (exact) mass is 324 g/mol. The molecule has 2 fully saturated rings. The van der Waals surface area contributed by atoms with Gasteiger partial charge in [0.2, 0.25) is 0 Å².